The molecule has 1 aromatic carbocycles. The second-order valence-corrected chi connectivity index (χ2v) is 4.72. The lowest BCUT2D eigenvalue weighted by Gasteiger charge is -2.08. The fraction of sp³-hybridized carbons (Fsp3) is 0. The monoisotopic (exact) mass is 303 g/mol. The predicted molar refractivity (Wildman–Crippen MR) is 70.0 cm³/mol. The van der Waals surface area contributed by atoms with Crippen LogP contribution in [0.4, 0.5) is 4.39 Å². The van der Waals surface area contributed by atoms with E-state index in [0.717, 1.165) is 0 Å². The molecule has 0 spiro atoms. The van der Waals surface area contributed by atoms with Crippen LogP contribution in [0.1, 0.15) is 10.4 Å². The van der Waals surface area contributed by atoms with Gasteiger partial charge in [0.05, 0.1) is 15.6 Å². The van der Waals surface area contributed by atoms with Crippen molar-refractivity contribution in [2.24, 2.45) is 0 Å². The van der Waals surface area contributed by atoms with Crippen LogP contribution in [0.3, 0.4) is 0 Å². The Morgan fingerprint density at radius 1 is 1.11 bits per heavy atom. The molecule has 0 radical (unpaired) electrons. The van der Waals surface area contributed by atoms with E-state index in [-0.39, 0.29) is 5.56 Å². The molecule has 0 atom stereocenters. The first-order chi connectivity index (χ1) is 8.52. The van der Waals surface area contributed by atoms with E-state index < -0.39 is 5.95 Å². The summed E-state index contributed by atoms with van der Waals surface area (Å²) in [6.45, 7) is 0. The second-order valence-electron chi connectivity index (χ2n) is 3.47. The highest BCUT2D eigenvalue weighted by molar-refractivity contribution is 6.41. The van der Waals surface area contributed by atoms with Crippen LogP contribution in [0, 0.1) is 5.95 Å². The Balaban J connectivity index is 2.66. The van der Waals surface area contributed by atoms with E-state index in [4.69, 9.17) is 34.8 Å². The van der Waals surface area contributed by atoms with Crippen LogP contribution in [0.5, 0.6) is 0 Å². The Morgan fingerprint density at radius 3 is 2.28 bits per heavy atom. The van der Waals surface area contributed by atoms with E-state index in [1.54, 1.807) is 0 Å². The van der Waals surface area contributed by atoms with Crippen LogP contribution in [-0.2, 0) is 0 Å². The third-order valence-electron chi connectivity index (χ3n) is 2.29. The summed E-state index contributed by atoms with van der Waals surface area (Å²) in [5.41, 5.74) is 0.748. The van der Waals surface area contributed by atoms with E-state index in [1.807, 2.05) is 0 Å². The summed E-state index contributed by atoms with van der Waals surface area (Å²) in [6, 6.07) is 4.35. The molecule has 0 bridgehead atoms. The molecular formula is C12H5Cl3FNO. The SMILES string of the molecule is O=Cc1cc(-c2c(Cl)cc(Cl)cc2Cl)cnc1F. The van der Waals surface area contributed by atoms with Gasteiger partial charge in [0.2, 0.25) is 5.95 Å². The largest absolute Gasteiger partial charge is 0.298 e. The molecule has 0 fully saturated rings. The molecule has 0 amide bonds. The molecule has 6 heteroatoms. The zero-order valence-electron chi connectivity index (χ0n) is 8.75. The average molecular weight is 305 g/mol. The van der Waals surface area contributed by atoms with E-state index in [2.05, 4.69) is 4.98 Å². The van der Waals surface area contributed by atoms with E-state index in [1.165, 1.54) is 24.4 Å². The number of hydrogen-bond donors (Lipinski definition) is 0. The third kappa shape index (κ3) is 2.48. The number of hydrogen-bond acceptors (Lipinski definition) is 2. The van der Waals surface area contributed by atoms with Crippen molar-refractivity contribution < 1.29 is 9.18 Å². The summed E-state index contributed by atoms with van der Waals surface area (Å²) in [4.78, 5) is 14.2. The van der Waals surface area contributed by atoms with Gasteiger partial charge in [0.15, 0.2) is 6.29 Å². The van der Waals surface area contributed by atoms with Gasteiger partial charge in [0.1, 0.15) is 0 Å². The summed E-state index contributed by atoms with van der Waals surface area (Å²) >= 11 is 17.8. The van der Waals surface area contributed by atoms with Crippen LogP contribution in [0.25, 0.3) is 11.1 Å². The van der Waals surface area contributed by atoms with Gasteiger partial charge >= 0.3 is 0 Å². The molecule has 2 rings (SSSR count). The fourth-order valence-electron chi connectivity index (χ4n) is 1.50. The van der Waals surface area contributed by atoms with Gasteiger partial charge in [-0.05, 0) is 18.2 Å². The van der Waals surface area contributed by atoms with Crippen LogP contribution in [0.2, 0.25) is 15.1 Å². The number of nitrogens with zero attached hydrogens (tertiary/aromatic N) is 1. The zero-order chi connectivity index (χ0) is 13.3. The highest BCUT2D eigenvalue weighted by atomic mass is 35.5. The third-order valence-corrected chi connectivity index (χ3v) is 3.10. The Bertz CT molecular complexity index is 608. The topological polar surface area (TPSA) is 30.0 Å². The Hall–Kier alpha value is -1.16. The molecule has 2 nitrogen and oxygen atoms in total. The van der Waals surface area contributed by atoms with E-state index >= 15 is 0 Å². The molecule has 1 heterocycles. The van der Waals surface area contributed by atoms with Gasteiger partial charge in [-0.25, -0.2) is 4.98 Å². The molecule has 0 aliphatic rings. The molecular weight excluding hydrogens is 299 g/mol. The van der Waals surface area contributed by atoms with Crippen LogP contribution in [-0.4, -0.2) is 11.3 Å². The minimum atomic E-state index is -0.838. The molecule has 0 aliphatic heterocycles. The second kappa shape index (κ2) is 5.22. The van der Waals surface area contributed by atoms with Gasteiger partial charge in [-0.3, -0.25) is 4.79 Å². The van der Waals surface area contributed by atoms with Gasteiger partial charge < -0.3 is 0 Å². The number of benzene rings is 1. The predicted octanol–water partition coefficient (Wildman–Crippen LogP) is 4.66. The van der Waals surface area contributed by atoms with Crippen molar-refractivity contribution in [1.82, 2.24) is 4.98 Å². The quantitative estimate of drug-likeness (QED) is 0.596. The fourth-order valence-corrected chi connectivity index (χ4v) is 2.54. The lowest BCUT2D eigenvalue weighted by molar-refractivity contribution is 0.111. The van der Waals surface area contributed by atoms with Crippen LogP contribution < -0.4 is 0 Å². The molecule has 2 aromatic rings. The number of aromatic nitrogens is 1. The van der Waals surface area contributed by atoms with Crippen molar-refractivity contribution >= 4 is 41.1 Å². The summed E-state index contributed by atoms with van der Waals surface area (Å²) < 4.78 is 13.1. The van der Waals surface area contributed by atoms with Crippen LogP contribution in [0.15, 0.2) is 24.4 Å². The van der Waals surface area contributed by atoms with Crippen molar-refractivity contribution in [3.05, 3.63) is 51.0 Å². The standard InChI is InChI=1S/C12H5Cl3FNO/c13-8-2-9(14)11(10(15)3-8)6-1-7(5-18)12(16)17-4-6/h1-5H. The number of halogens is 4. The normalized spacial score (nSPS) is 10.4. The highest BCUT2D eigenvalue weighted by Crippen LogP contribution is 2.37. The first-order valence-electron chi connectivity index (χ1n) is 4.78. The Morgan fingerprint density at radius 2 is 1.72 bits per heavy atom. The maximum atomic E-state index is 13.1. The van der Waals surface area contributed by atoms with Crippen molar-refractivity contribution in [2.45, 2.75) is 0 Å². The number of aldehydes is 1. The minimum absolute atomic E-state index is 0.158. The lowest BCUT2D eigenvalue weighted by atomic mass is 10.1. The van der Waals surface area contributed by atoms with Crippen molar-refractivity contribution in [1.29, 1.82) is 0 Å². The summed E-state index contributed by atoms with van der Waals surface area (Å²) in [6.07, 6.45) is 1.63. The summed E-state index contributed by atoms with van der Waals surface area (Å²) in [7, 11) is 0. The Labute approximate surface area is 117 Å². The molecule has 92 valence electrons. The zero-order valence-corrected chi connectivity index (χ0v) is 11.0. The van der Waals surface area contributed by atoms with Gasteiger partial charge in [0.25, 0.3) is 0 Å². The molecule has 0 saturated heterocycles. The maximum absolute atomic E-state index is 13.1. The first kappa shape index (κ1) is 13.3. The van der Waals surface area contributed by atoms with Crippen molar-refractivity contribution in [3.63, 3.8) is 0 Å². The lowest BCUT2D eigenvalue weighted by Crippen LogP contribution is -1.94. The first-order valence-corrected chi connectivity index (χ1v) is 5.92. The van der Waals surface area contributed by atoms with E-state index in [0.29, 0.717) is 32.5 Å². The number of rotatable bonds is 2. The van der Waals surface area contributed by atoms with E-state index in [9.17, 15) is 9.18 Å². The molecule has 0 aliphatic carbocycles. The van der Waals surface area contributed by atoms with Gasteiger partial charge in [0, 0.05) is 22.3 Å². The summed E-state index contributed by atoms with van der Waals surface area (Å²) in [5.74, 6) is -0.838. The highest BCUT2D eigenvalue weighted by Gasteiger charge is 2.13. The van der Waals surface area contributed by atoms with Crippen molar-refractivity contribution in [2.75, 3.05) is 0 Å². The molecule has 0 N–H and O–H groups in total. The van der Waals surface area contributed by atoms with Gasteiger partial charge in [-0.1, -0.05) is 34.8 Å². The molecule has 0 saturated carbocycles. The maximum Gasteiger partial charge on any atom is 0.223 e. The van der Waals surface area contributed by atoms with Gasteiger partial charge in [-0.2, -0.15) is 4.39 Å². The average Bonchev–Trinajstić information content (AvgIpc) is 2.30. The van der Waals surface area contributed by atoms with Crippen LogP contribution >= 0.6 is 34.8 Å². The minimum Gasteiger partial charge on any atom is -0.298 e. The number of carbonyl (C=O) groups excluding carboxylic acids is 1. The Kier molecular flexibility index (Phi) is 3.85. The summed E-state index contributed by atoms with van der Waals surface area (Å²) in [5, 5.41) is 0.995. The molecule has 0 unspecified atom stereocenters. The molecule has 18 heavy (non-hydrogen) atoms. The molecule has 1 aromatic heterocycles. The van der Waals surface area contributed by atoms with Crippen molar-refractivity contribution in [3.8, 4) is 11.1 Å². The number of carbonyl (C=O) groups is 1. The smallest absolute Gasteiger partial charge is 0.223 e. The van der Waals surface area contributed by atoms with Gasteiger partial charge in [-0.15, -0.1) is 0 Å². The number of pyridine rings is 1.